The maximum Gasteiger partial charge on any atom is 0.318 e. The third-order valence-corrected chi connectivity index (χ3v) is 5.56. The number of carbonyl (C=O) groups is 1. The van der Waals surface area contributed by atoms with E-state index in [0.717, 1.165) is 43.3 Å². The topological polar surface area (TPSA) is 77.9 Å². The third kappa shape index (κ3) is 6.82. The molecular weight excluding hydrogens is 411 g/mol. The number of ether oxygens (including phenoxy) is 1. The van der Waals surface area contributed by atoms with Crippen LogP contribution in [-0.4, -0.2) is 58.7 Å². The highest BCUT2D eigenvalue weighted by molar-refractivity contribution is 5.74. The molecule has 0 radical (unpaired) electrons. The number of amides is 2. The van der Waals surface area contributed by atoms with Crippen LogP contribution >= 0.6 is 0 Å². The molecule has 1 fully saturated rings. The van der Waals surface area contributed by atoms with Crippen LogP contribution in [-0.2, 0) is 13.1 Å². The van der Waals surface area contributed by atoms with Crippen LogP contribution in [0.15, 0.2) is 36.5 Å². The van der Waals surface area contributed by atoms with Crippen molar-refractivity contribution in [2.75, 3.05) is 26.7 Å². The van der Waals surface area contributed by atoms with Gasteiger partial charge in [-0.25, -0.2) is 9.18 Å². The summed E-state index contributed by atoms with van der Waals surface area (Å²) in [5, 5.41) is 12.4. The second-order valence-corrected chi connectivity index (χ2v) is 8.79. The number of hydrogen-bond donors (Lipinski definition) is 2. The Labute approximate surface area is 189 Å². The molecule has 7 nitrogen and oxygen atoms in total. The molecule has 1 aromatic carbocycles. The van der Waals surface area contributed by atoms with Crippen molar-refractivity contribution in [3.05, 3.63) is 53.6 Å². The molecule has 0 unspecified atom stereocenters. The van der Waals surface area contributed by atoms with Crippen molar-refractivity contribution in [1.82, 2.24) is 20.1 Å². The molecule has 0 atom stereocenters. The zero-order chi connectivity index (χ0) is 23.1. The predicted octanol–water partition coefficient (Wildman–Crippen LogP) is 3.77. The van der Waals surface area contributed by atoms with Gasteiger partial charge >= 0.3 is 6.03 Å². The van der Waals surface area contributed by atoms with Gasteiger partial charge in [-0.2, -0.15) is 0 Å². The summed E-state index contributed by atoms with van der Waals surface area (Å²) >= 11 is 0. The lowest BCUT2D eigenvalue weighted by Crippen LogP contribution is -2.49. The maximum absolute atomic E-state index is 14.3. The molecule has 2 aromatic rings. The molecule has 1 saturated heterocycles. The van der Waals surface area contributed by atoms with Crippen LogP contribution in [0.4, 0.5) is 9.18 Å². The molecule has 174 valence electrons. The summed E-state index contributed by atoms with van der Waals surface area (Å²) in [6, 6.07) is 8.41. The number of aromatic hydroxyl groups is 1. The largest absolute Gasteiger partial charge is 0.506 e. The van der Waals surface area contributed by atoms with Crippen LogP contribution in [0.25, 0.3) is 0 Å². The first-order valence-electron chi connectivity index (χ1n) is 11.1. The fraction of sp³-hybridized carbons (Fsp3) is 0.500. The third-order valence-electron chi connectivity index (χ3n) is 5.56. The fourth-order valence-corrected chi connectivity index (χ4v) is 3.65. The lowest BCUT2D eigenvalue weighted by atomic mass is 10.0. The molecule has 0 aliphatic carbocycles. The highest BCUT2D eigenvalue weighted by atomic mass is 19.1. The van der Waals surface area contributed by atoms with Crippen molar-refractivity contribution in [3.63, 3.8) is 0 Å². The van der Waals surface area contributed by atoms with Crippen molar-refractivity contribution >= 4 is 6.03 Å². The molecular formula is C24H33FN4O3. The van der Waals surface area contributed by atoms with E-state index in [0.29, 0.717) is 19.1 Å². The molecule has 1 aliphatic rings. The lowest BCUT2D eigenvalue weighted by molar-refractivity contribution is 0.125. The van der Waals surface area contributed by atoms with E-state index in [4.69, 9.17) is 4.74 Å². The molecule has 32 heavy (non-hydrogen) atoms. The van der Waals surface area contributed by atoms with Gasteiger partial charge in [0, 0.05) is 18.7 Å². The van der Waals surface area contributed by atoms with E-state index >= 15 is 0 Å². The number of nitrogens with one attached hydrogen (secondary N) is 1. The fourth-order valence-electron chi connectivity index (χ4n) is 3.65. The number of aromatic nitrogens is 1. The molecule has 0 bridgehead atoms. The van der Waals surface area contributed by atoms with E-state index in [9.17, 15) is 14.3 Å². The van der Waals surface area contributed by atoms with Gasteiger partial charge in [0.1, 0.15) is 17.3 Å². The van der Waals surface area contributed by atoms with Crippen molar-refractivity contribution in [1.29, 1.82) is 0 Å². The number of urea groups is 1. The summed E-state index contributed by atoms with van der Waals surface area (Å²) in [4.78, 5) is 21.0. The molecule has 1 aromatic heterocycles. The molecule has 1 aliphatic heterocycles. The van der Waals surface area contributed by atoms with E-state index in [1.807, 2.05) is 24.3 Å². The summed E-state index contributed by atoms with van der Waals surface area (Å²) in [6.07, 6.45) is 2.82. The van der Waals surface area contributed by atoms with E-state index in [-0.39, 0.29) is 30.1 Å². The normalized spacial score (nSPS) is 15.0. The van der Waals surface area contributed by atoms with Crippen molar-refractivity contribution in [3.8, 4) is 11.5 Å². The molecule has 0 saturated carbocycles. The van der Waals surface area contributed by atoms with Gasteiger partial charge in [-0.1, -0.05) is 26.0 Å². The first-order valence-corrected chi connectivity index (χ1v) is 11.1. The van der Waals surface area contributed by atoms with Crippen LogP contribution in [0, 0.1) is 11.7 Å². The van der Waals surface area contributed by atoms with E-state index in [1.165, 1.54) is 6.20 Å². The summed E-state index contributed by atoms with van der Waals surface area (Å²) in [5.41, 5.74) is 1.09. The monoisotopic (exact) mass is 444 g/mol. The molecule has 2 amide bonds. The Morgan fingerprint density at radius 2 is 2.00 bits per heavy atom. The number of pyridine rings is 1. The first-order chi connectivity index (χ1) is 15.3. The number of hydrogen-bond acceptors (Lipinski definition) is 5. The summed E-state index contributed by atoms with van der Waals surface area (Å²) in [6.45, 7) is 7.00. The second-order valence-electron chi connectivity index (χ2n) is 8.79. The van der Waals surface area contributed by atoms with E-state index in [1.54, 1.807) is 4.90 Å². The highest BCUT2D eigenvalue weighted by Crippen LogP contribution is 2.21. The minimum atomic E-state index is -0.618. The number of rotatable bonds is 8. The standard InChI is InChI=1S/C24H33FN4O3/c1-17(2)16-32-21-6-4-18(5-7-21)13-27-24(31)29(19-8-10-28(3)11-9-19)15-23-22(25)12-20(30)14-26-23/h4-7,12,14,17,19,30H,8-11,13,15-16H2,1-3H3,(H,27,31). The minimum Gasteiger partial charge on any atom is -0.506 e. The van der Waals surface area contributed by atoms with Crippen LogP contribution in [0.2, 0.25) is 0 Å². The Morgan fingerprint density at radius 1 is 1.31 bits per heavy atom. The highest BCUT2D eigenvalue weighted by Gasteiger charge is 2.28. The number of piperidine rings is 1. The Kier molecular flexibility index (Phi) is 8.27. The Morgan fingerprint density at radius 3 is 2.62 bits per heavy atom. The first kappa shape index (κ1) is 23.8. The molecule has 8 heteroatoms. The van der Waals surface area contributed by atoms with Crippen molar-refractivity contribution in [2.45, 2.75) is 45.8 Å². The smallest absolute Gasteiger partial charge is 0.318 e. The average Bonchev–Trinajstić information content (AvgIpc) is 2.77. The zero-order valence-electron chi connectivity index (χ0n) is 19.1. The van der Waals surface area contributed by atoms with Gasteiger partial charge < -0.3 is 25.0 Å². The van der Waals surface area contributed by atoms with Crippen LogP contribution in [0.3, 0.4) is 0 Å². The summed E-state index contributed by atoms with van der Waals surface area (Å²) in [5.74, 6) is 0.401. The number of halogens is 1. The minimum absolute atomic E-state index is 0.00647. The Balaban J connectivity index is 1.65. The number of carbonyl (C=O) groups excluding carboxylic acids is 1. The quantitative estimate of drug-likeness (QED) is 0.648. The van der Waals surface area contributed by atoms with E-state index < -0.39 is 5.82 Å². The maximum atomic E-state index is 14.3. The number of nitrogens with zero attached hydrogens (tertiary/aromatic N) is 3. The molecule has 3 rings (SSSR count). The van der Waals surface area contributed by atoms with Crippen LogP contribution in [0.1, 0.15) is 37.9 Å². The zero-order valence-corrected chi connectivity index (χ0v) is 19.1. The summed E-state index contributed by atoms with van der Waals surface area (Å²) in [7, 11) is 2.05. The van der Waals surface area contributed by atoms with Gasteiger partial charge in [0.25, 0.3) is 0 Å². The van der Waals surface area contributed by atoms with Crippen LogP contribution < -0.4 is 10.1 Å². The predicted molar refractivity (Wildman–Crippen MR) is 121 cm³/mol. The number of benzene rings is 1. The Bertz CT molecular complexity index is 883. The molecule has 2 heterocycles. The van der Waals surface area contributed by atoms with Gasteiger partial charge in [0.2, 0.25) is 0 Å². The number of likely N-dealkylation sites (tertiary alicyclic amines) is 1. The van der Waals surface area contributed by atoms with Crippen LogP contribution in [0.5, 0.6) is 11.5 Å². The SMILES string of the molecule is CC(C)COc1ccc(CNC(=O)N(Cc2ncc(O)cc2F)C2CCN(C)CC2)cc1. The Hall–Kier alpha value is -2.87. The average molecular weight is 445 g/mol. The van der Waals surface area contributed by atoms with Gasteiger partial charge in [-0.05, 0) is 56.6 Å². The molecule has 2 N–H and O–H groups in total. The van der Waals surface area contributed by atoms with Gasteiger partial charge in [0.05, 0.1) is 25.0 Å². The van der Waals surface area contributed by atoms with Crippen molar-refractivity contribution < 1.29 is 19.0 Å². The van der Waals surface area contributed by atoms with Gasteiger partial charge in [-0.15, -0.1) is 0 Å². The van der Waals surface area contributed by atoms with E-state index in [2.05, 4.69) is 36.1 Å². The van der Waals surface area contributed by atoms with Gasteiger partial charge in [0.15, 0.2) is 0 Å². The lowest BCUT2D eigenvalue weighted by Gasteiger charge is -2.37. The van der Waals surface area contributed by atoms with Crippen molar-refractivity contribution in [2.24, 2.45) is 5.92 Å². The van der Waals surface area contributed by atoms with Gasteiger partial charge in [-0.3, -0.25) is 4.98 Å². The molecule has 0 spiro atoms. The summed E-state index contributed by atoms with van der Waals surface area (Å²) < 4.78 is 20.0. The second kappa shape index (κ2) is 11.1.